The molecule has 0 N–H and O–H groups in total. The molecule has 7 aromatic carbocycles. The lowest BCUT2D eigenvalue weighted by Gasteiger charge is -2.31. The first-order chi connectivity index (χ1) is 39.2. The van der Waals surface area contributed by atoms with Gasteiger partial charge in [-0.15, -0.1) is 0 Å². The van der Waals surface area contributed by atoms with Crippen LogP contribution in [0.3, 0.4) is 0 Å². The molecular formula is C68H39N11. The highest BCUT2D eigenvalue weighted by Gasteiger charge is 2.37. The molecule has 0 radical (unpaired) electrons. The maximum Gasteiger partial charge on any atom is 0.0991 e. The summed E-state index contributed by atoms with van der Waals surface area (Å²) >= 11 is 0. The van der Waals surface area contributed by atoms with E-state index in [9.17, 15) is 5.26 Å². The van der Waals surface area contributed by atoms with E-state index >= 15 is 0 Å². The summed E-state index contributed by atoms with van der Waals surface area (Å²) in [6.07, 6.45) is 9.42. The van der Waals surface area contributed by atoms with Crippen LogP contribution in [0.15, 0.2) is 237 Å². The summed E-state index contributed by atoms with van der Waals surface area (Å²) in [5.41, 5.74) is 20.4. The quantitative estimate of drug-likeness (QED) is 0.164. The number of hydrogen-bond donors (Lipinski definition) is 0. The third-order valence-corrected chi connectivity index (χ3v) is 15.9. The zero-order valence-corrected chi connectivity index (χ0v) is 41.9. The van der Waals surface area contributed by atoms with Crippen LogP contribution in [-0.2, 0) is 0 Å². The average Bonchev–Trinajstić information content (AvgIpc) is 3.47. The first-order valence-corrected chi connectivity index (χ1v) is 26.2. The number of benzene rings is 7. The van der Waals surface area contributed by atoms with Crippen LogP contribution in [0, 0.1) is 11.3 Å². The van der Waals surface area contributed by atoms with Crippen molar-refractivity contribution in [3.05, 3.63) is 243 Å². The summed E-state index contributed by atoms with van der Waals surface area (Å²) < 4.78 is 12.2. The standard InChI is InChI=1S/C68H39N11/c69-40-41-31-33-42(34-32-41)58-64(75-48-21-6-1-16-43(48)59-53(75)26-11-35-70-59)66(77-50-23-8-3-18-45(50)61-55(77)28-13-37-72-61)68(79-52-25-10-5-20-47(52)63-57(79)30-15-39-74-63)67(78-51-24-9-4-19-46(51)62-56(78)29-14-38-73-62)65(58)76-49-22-7-2-17-44(49)60-54(76)27-12-36-71-60/h1-39H. The van der Waals surface area contributed by atoms with Gasteiger partial charge in [0.25, 0.3) is 0 Å². The minimum Gasteiger partial charge on any atom is -0.305 e. The predicted octanol–water partition coefficient (Wildman–Crippen LogP) is 15.7. The SMILES string of the molecule is N#Cc1ccc(-c2c(-n3c4ccccc4c4ncccc43)c(-n3c4ccccc4c4ncccc43)c(-n3c4ccccc4c4ncccc43)c(-n3c4ccccc4c4ncccc43)c2-n2c3ccccc3c3ncccc32)cc1. The predicted molar refractivity (Wildman–Crippen MR) is 317 cm³/mol. The largest absolute Gasteiger partial charge is 0.305 e. The maximum atomic E-state index is 10.5. The molecule has 0 atom stereocenters. The van der Waals surface area contributed by atoms with E-state index in [1.807, 2.05) is 73.4 Å². The van der Waals surface area contributed by atoms with Gasteiger partial charge in [0.1, 0.15) is 0 Å². The topological polar surface area (TPSA) is 113 Å². The Morgan fingerprint density at radius 1 is 0.253 bits per heavy atom. The summed E-state index contributed by atoms with van der Waals surface area (Å²) in [5, 5.41) is 15.6. The van der Waals surface area contributed by atoms with E-state index < -0.39 is 0 Å². The lowest BCUT2D eigenvalue weighted by Crippen LogP contribution is -2.18. The van der Waals surface area contributed by atoms with Crippen LogP contribution in [0.25, 0.3) is 149 Å². The highest BCUT2D eigenvalue weighted by atomic mass is 15.2. The molecule has 0 unspecified atom stereocenters. The molecule has 17 aromatic rings. The zero-order chi connectivity index (χ0) is 51.9. The minimum atomic E-state index is 0.547. The van der Waals surface area contributed by atoms with Crippen molar-refractivity contribution in [2.24, 2.45) is 0 Å². The monoisotopic (exact) mass is 1010 g/mol. The number of aromatic nitrogens is 10. The Bertz CT molecular complexity index is 4950. The molecule has 0 saturated heterocycles. The fourth-order valence-corrected chi connectivity index (χ4v) is 12.9. The van der Waals surface area contributed by atoms with Crippen LogP contribution in [0.2, 0.25) is 0 Å². The van der Waals surface area contributed by atoms with Crippen LogP contribution >= 0.6 is 0 Å². The number of fused-ring (bicyclic) bond motifs is 15. The van der Waals surface area contributed by atoms with E-state index in [1.165, 1.54) is 0 Å². The molecule has 79 heavy (non-hydrogen) atoms. The van der Waals surface area contributed by atoms with Gasteiger partial charge in [0.05, 0.1) is 123 Å². The first kappa shape index (κ1) is 43.1. The van der Waals surface area contributed by atoms with Gasteiger partial charge in [0.15, 0.2) is 0 Å². The van der Waals surface area contributed by atoms with Crippen molar-refractivity contribution in [1.82, 2.24) is 47.8 Å². The van der Waals surface area contributed by atoms with E-state index in [4.69, 9.17) is 24.9 Å². The second-order valence-electron chi connectivity index (χ2n) is 19.9. The normalized spacial score (nSPS) is 12.0. The molecule has 11 nitrogen and oxygen atoms in total. The van der Waals surface area contributed by atoms with Crippen LogP contribution in [0.4, 0.5) is 0 Å². The van der Waals surface area contributed by atoms with Gasteiger partial charge < -0.3 is 22.8 Å². The Labute approximate surface area is 449 Å². The third kappa shape index (κ3) is 5.85. The van der Waals surface area contributed by atoms with Crippen molar-refractivity contribution in [2.75, 3.05) is 0 Å². The van der Waals surface area contributed by atoms with Gasteiger partial charge >= 0.3 is 0 Å². The molecule has 0 fully saturated rings. The minimum absolute atomic E-state index is 0.547. The van der Waals surface area contributed by atoms with Crippen molar-refractivity contribution in [3.63, 3.8) is 0 Å². The molecule has 0 aliphatic carbocycles. The van der Waals surface area contributed by atoms with E-state index in [1.54, 1.807) is 0 Å². The molecule has 0 bridgehead atoms. The van der Waals surface area contributed by atoms with Gasteiger partial charge in [-0.3, -0.25) is 24.9 Å². The Balaban J connectivity index is 1.30. The van der Waals surface area contributed by atoms with Gasteiger partial charge in [-0.25, -0.2) is 0 Å². The van der Waals surface area contributed by atoms with Crippen molar-refractivity contribution >= 4 is 110 Å². The lowest BCUT2D eigenvalue weighted by molar-refractivity contribution is 0.999. The van der Waals surface area contributed by atoms with Crippen molar-refractivity contribution in [2.45, 2.75) is 0 Å². The Kier molecular flexibility index (Phi) is 8.93. The Morgan fingerprint density at radius 3 is 0.772 bits per heavy atom. The number of pyridine rings is 5. The van der Waals surface area contributed by atoms with Gasteiger partial charge in [-0.2, -0.15) is 5.26 Å². The molecule has 11 heteroatoms. The van der Waals surface area contributed by atoms with Crippen LogP contribution in [-0.4, -0.2) is 47.8 Å². The van der Waals surface area contributed by atoms with Crippen molar-refractivity contribution < 1.29 is 0 Å². The molecule has 0 saturated carbocycles. The number of rotatable bonds is 6. The highest BCUT2D eigenvalue weighted by Crippen LogP contribution is 2.54. The van der Waals surface area contributed by atoms with Gasteiger partial charge in [-0.05, 0) is 109 Å². The number of hydrogen-bond acceptors (Lipinski definition) is 6. The van der Waals surface area contributed by atoms with Gasteiger partial charge in [0.2, 0.25) is 0 Å². The Morgan fingerprint density at radius 2 is 0.494 bits per heavy atom. The second-order valence-corrected chi connectivity index (χ2v) is 19.9. The van der Waals surface area contributed by atoms with Crippen LogP contribution < -0.4 is 0 Å². The van der Waals surface area contributed by atoms with E-state index in [-0.39, 0.29) is 0 Å². The smallest absolute Gasteiger partial charge is 0.0991 e. The van der Waals surface area contributed by atoms with Crippen molar-refractivity contribution in [1.29, 1.82) is 5.26 Å². The fraction of sp³-hybridized carbons (Fsp3) is 0. The number of para-hydroxylation sites is 5. The van der Waals surface area contributed by atoms with Gasteiger partial charge in [0, 0.05) is 63.5 Å². The molecule has 17 rings (SSSR count). The molecule has 0 spiro atoms. The van der Waals surface area contributed by atoms with Crippen molar-refractivity contribution in [3.8, 4) is 45.6 Å². The molecule has 0 aliphatic heterocycles. The zero-order valence-electron chi connectivity index (χ0n) is 41.9. The third-order valence-electron chi connectivity index (χ3n) is 15.9. The first-order valence-electron chi connectivity index (χ1n) is 26.2. The molecule has 366 valence electrons. The second kappa shape index (κ2) is 16.4. The summed E-state index contributed by atoms with van der Waals surface area (Å²) in [4.78, 5) is 26.0. The summed E-state index contributed by atoms with van der Waals surface area (Å²) in [6.45, 7) is 0. The lowest BCUT2D eigenvalue weighted by atomic mass is 9.94. The van der Waals surface area contributed by atoms with E-state index in [0.717, 1.165) is 149 Å². The summed E-state index contributed by atoms with van der Waals surface area (Å²) in [6, 6.07) is 74.6. The average molecular weight is 1010 g/mol. The molecule has 10 aromatic heterocycles. The summed E-state index contributed by atoms with van der Waals surface area (Å²) in [7, 11) is 0. The number of nitrogens with zero attached hydrogens (tertiary/aromatic N) is 11. The molecule has 0 aliphatic rings. The molecule has 10 heterocycles. The van der Waals surface area contributed by atoms with Gasteiger partial charge in [-0.1, -0.05) is 103 Å². The summed E-state index contributed by atoms with van der Waals surface area (Å²) in [5.74, 6) is 0. The molecular weight excluding hydrogens is 971 g/mol. The van der Waals surface area contributed by atoms with Crippen LogP contribution in [0.5, 0.6) is 0 Å². The maximum absolute atomic E-state index is 10.5. The fourth-order valence-electron chi connectivity index (χ4n) is 12.9. The Hall–Kier alpha value is -11.2. The molecule has 0 amide bonds. The van der Waals surface area contributed by atoms with E-state index in [2.05, 4.69) is 193 Å². The number of nitriles is 1. The highest BCUT2D eigenvalue weighted by molar-refractivity contribution is 6.17. The van der Waals surface area contributed by atoms with E-state index in [0.29, 0.717) is 5.56 Å². The van der Waals surface area contributed by atoms with Crippen LogP contribution in [0.1, 0.15) is 5.56 Å².